The van der Waals surface area contributed by atoms with Gasteiger partial charge in [0.2, 0.25) is 5.95 Å². The number of anilines is 4. The summed E-state index contributed by atoms with van der Waals surface area (Å²) in [7, 11) is 1.99. The Labute approximate surface area is 152 Å². The molecule has 1 aliphatic rings. The van der Waals surface area contributed by atoms with E-state index in [1.807, 2.05) is 73.5 Å². The number of nitrogens with one attached hydrogen (secondary N) is 1. The Kier molecular flexibility index (Phi) is 4.31. The molecule has 2 heterocycles. The summed E-state index contributed by atoms with van der Waals surface area (Å²) >= 11 is 0. The molecule has 2 aromatic carbocycles. The number of hydrogen-bond acceptors (Lipinski definition) is 6. The van der Waals surface area contributed by atoms with Gasteiger partial charge < -0.3 is 19.7 Å². The summed E-state index contributed by atoms with van der Waals surface area (Å²) in [6.45, 7) is 3.10. The van der Waals surface area contributed by atoms with Crippen LogP contribution in [0.4, 0.5) is 23.1 Å². The molecule has 0 unspecified atom stereocenters. The number of para-hydroxylation sites is 1. The lowest BCUT2D eigenvalue weighted by atomic mass is 10.2. The first kappa shape index (κ1) is 16.2. The van der Waals surface area contributed by atoms with Crippen LogP contribution >= 0.6 is 0 Å². The molecule has 1 aromatic heterocycles. The molecule has 0 fully saturated rings. The Hall–Kier alpha value is -3.28. The monoisotopic (exact) mass is 348 g/mol. The number of fused-ring (bicyclic) bond motifs is 1. The number of aryl methyl sites for hydroxylation is 1. The molecule has 0 saturated carbocycles. The number of aromatic nitrogens is 2. The van der Waals surface area contributed by atoms with Crippen LogP contribution < -0.4 is 19.7 Å². The van der Waals surface area contributed by atoms with E-state index in [4.69, 9.17) is 9.47 Å². The molecule has 0 atom stereocenters. The first-order chi connectivity index (χ1) is 12.7. The summed E-state index contributed by atoms with van der Waals surface area (Å²) in [5.74, 6) is 2.86. The van der Waals surface area contributed by atoms with Crippen molar-refractivity contribution in [2.24, 2.45) is 0 Å². The van der Waals surface area contributed by atoms with Crippen molar-refractivity contribution in [2.45, 2.75) is 6.92 Å². The second kappa shape index (κ2) is 6.92. The molecule has 132 valence electrons. The zero-order valence-corrected chi connectivity index (χ0v) is 14.8. The van der Waals surface area contributed by atoms with Crippen molar-refractivity contribution >= 4 is 23.1 Å². The van der Waals surface area contributed by atoms with Gasteiger partial charge in [-0.25, -0.2) is 4.98 Å². The number of ether oxygens (including phenoxy) is 2. The van der Waals surface area contributed by atoms with E-state index in [2.05, 4.69) is 15.3 Å². The zero-order chi connectivity index (χ0) is 17.9. The second-order valence-electron chi connectivity index (χ2n) is 6.07. The van der Waals surface area contributed by atoms with Gasteiger partial charge in [-0.15, -0.1) is 0 Å². The number of nitrogens with zero attached hydrogens (tertiary/aromatic N) is 3. The maximum Gasteiger partial charge on any atom is 0.229 e. The SMILES string of the molecule is Cc1cc(N(C)c2ccccc2)nc(Nc2ccc3c(c2)OCCO3)n1. The van der Waals surface area contributed by atoms with E-state index in [-0.39, 0.29) is 0 Å². The molecule has 4 rings (SSSR count). The first-order valence-electron chi connectivity index (χ1n) is 8.50. The number of benzene rings is 2. The first-order valence-corrected chi connectivity index (χ1v) is 8.50. The van der Waals surface area contributed by atoms with Crippen LogP contribution in [0.1, 0.15) is 5.69 Å². The molecule has 0 spiro atoms. The zero-order valence-electron chi connectivity index (χ0n) is 14.8. The van der Waals surface area contributed by atoms with E-state index in [0.29, 0.717) is 19.2 Å². The summed E-state index contributed by atoms with van der Waals surface area (Å²) in [5, 5.41) is 3.26. The Bertz CT molecular complexity index is 915. The average Bonchev–Trinajstić information content (AvgIpc) is 2.67. The van der Waals surface area contributed by atoms with Gasteiger partial charge in [-0.05, 0) is 31.2 Å². The van der Waals surface area contributed by atoms with Gasteiger partial charge >= 0.3 is 0 Å². The largest absolute Gasteiger partial charge is 0.486 e. The van der Waals surface area contributed by atoms with Crippen LogP contribution in [-0.2, 0) is 0 Å². The highest BCUT2D eigenvalue weighted by Crippen LogP contribution is 2.33. The van der Waals surface area contributed by atoms with Gasteiger partial charge in [-0.3, -0.25) is 0 Å². The molecule has 0 aliphatic carbocycles. The molecular weight excluding hydrogens is 328 g/mol. The minimum absolute atomic E-state index is 0.541. The standard InChI is InChI=1S/C20H20N4O2/c1-14-12-19(24(2)16-6-4-3-5-7-16)23-20(21-14)22-15-8-9-17-18(13-15)26-11-10-25-17/h3-9,12-13H,10-11H2,1-2H3,(H,21,22,23). The molecule has 0 saturated heterocycles. The number of hydrogen-bond donors (Lipinski definition) is 1. The predicted octanol–water partition coefficient (Wildman–Crippen LogP) is 4.07. The topological polar surface area (TPSA) is 59.5 Å². The second-order valence-corrected chi connectivity index (χ2v) is 6.07. The third-order valence-electron chi connectivity index (χ3n) is 4.13. The molecule has 26 heavy (non-hydrogen) atoms. The van der Waals surface area contributed by atoms with E-state index in [1.54, 1.807) is 0 Å². The molecule has 0 radical (unpaired) electrons. The number of rotatable bonds is 4. The van der Waals surface area contributed by atoms with Crippen LogP contribution in [0.3, 0.4) is 0 Å². The van der Waals surface area contributed by atoms with E-state index in [0.717, 1.165) is 34.4 Å². The highest BCUT2D eigenvalue weighted by molar-refractivity contribution is 5.64. The molecule has 0 amide bonds. The van der Waals surface area contributed by atoms with Crippen LogP contribution in [-0.4, -0.2) is 30.2 Å². The molecule has 3 aromatic rings. The Morgan fingerprint density at radius 3 is 2.50 bits per heavy atom. The minimum atomic E-state index is 0.541. The predicted molar refractivity (Wildman–Crippen MR) is 102 cm³/mol. The van der Waals surface area contributed by atoms with E-state index >= 15 is 0 Å². The summed E-state index contributed by atoms with van der Waals surface area (Å²) in [6, 6.07) is 17.8. The van der Waals surface area contributed by atoms with Crippen molar-refractivity contribution in [2.75, 3.05) is 30.5 Å². The van der Waals surface area contributed by atoms with Crippen molar-refractivity contribution in [3.8, 4) is 11.5 Å². The molecule has 1 N–H and O–H groups in total. The summed E-state index contributed by atoms with van der Waals surface area (Å²) in [4.78, 5) is 11.2. The van der Waals surface area contributed by atoms with Crippen molar-refractivity contribution in [1.82, 2.24) is 9.97 Å². The third kappa shape index (κ3) is 3.39. The fourth-order valence-electron chi connectivity index (χ4n) is 2.81. The van der Waals surface area contributed by atoms with Gasteiger partial charge in [0.25, 0.3) is 0 Å². The van der Waals surface area contributed by atoms with E-state index < -0.39 is 0 Å². The van der Waals surface area contributed by atoms with Gasteiger partial charge in [0, 0.05) is 36.2 Å². The maximum absolute atomic E-state index is 5.63. The smallest absolute Gasteiger partial charge is 0.229 e. The molecule has 6 heteroatoms. The van der Waals surface area contributed by atoms with Crippen LogP contribution in [0.5, 0.6) is 11.5 Å². The highest BCUT2D eigenvalue weighted by atomic mass is 16.6. The Balaban J connectivity index is 1.60. The average molecular weight is 348 g/mol. The molecule has 6 nitrogen and oxygen atoms in total. The lowest BCUT2D eigenvalue weighted by Crippen LogP contribution is -2.15. The summed E-state index contributed by atoms with van der Waals surface area (Å²) in [6.07, 6.45) is 0. The fourth-order valence-corrected chi connectivity index (χ4v) is 2.81. The van der Waals surface area contributed by atoms with Crippen LogP contribution in [0.2, 0.25) is 0 Å². The van der Waals surface area contributed by atoms with Gasteiger partial charge in [0.1, 0.15) is 19.0 Å². The van der Waals surface area contributed by atoms with Crippen molar-refractivity contribution < 1.29 is 9.47 Å². The van der Waals surface area contributed by atoms with E-state index in [1.165, 1.54) is 0 Å². The van der Waals surface area contributed by atoms with E-state index in [9.17, 15) is 0 Å². The normalized spacial score (nSPS) is 12.5. The third-order valence-corrected chi connectivity index (χ3v) is 4.13. The molecule has 1 aliphatic heterocycles. The Morgan fingerprint density at radius 2 is 1.69 bits per heavy atom. The highest BCUT2D eigenvalue weighted by Gasteiger charge is 2.13. The van der Waals surface area contributed by atoms with Crippen molar-refractivity contribution in [3.63, 3.8) is 0 Å². The van der Waals surface area contributed by atoms with Crippen LogP contribution in [0, 0.1) is 6.92 Å². The quantitative estimate of drug-likeness (QED) is 0.767. The van der Waals surface area contributed by atoms with Crippen molar-refractivity contribution in [1.29, 1.82) is 0 Å². The maximum atomic E-state index is 5.63. The lowest BCUT2D eigenvalue weighted by molar-refractivity contribution is 0.171. The molecule has 0 bridgehead atoms. The Morgan fingerprint density at radius 1 is 0.923 bits per heavy atom. The van der Waals surface area contributed by atoms with Gasteiger partial charge in [-0.1, -0.05) is 18.2 Å². The van der Waals surface area contributed by atoms with Gasteiger partial charge in [0.05, 0.1) is 0 Å². The fraction of sp³-hybridized carbons (Fsp3) is 0.200. The minimum Gasteiger partial charge on any atom is -0.486 e. The van der Waals surface area contributed by atoms with Gasteiger partial charge in [-0.2, -0.15) is 4.98 Å². The van der Waals surface area contributed by atoms with Crippen molar-refractivity contribution in [3.05, 3.63) is 60.3 Å². The van der Waals surface area contributed by atoms with Crippen LogP contribution in [0.25, 0.3) is 0 Å². The van der Waals surface area contributed by atoms with Gasteiger partial charge in [0.15, 0.2) is 11.5 Å². The van der Waals surface area contributed by atoms with Crippen LogP contribution in [0.15, 0.2) is 54.6 Å². The summed E-state index contributed by atoms with van der Waals surface area (Å²) < 4.78 is 11.2. The lowest BCUT2D eigenvalue weighted by Gasteiger charge is -2.20. The molecular formula is C20H20N4O2. The summed E-state index contributed by atoms with van der Waals surface area (Å²) in [5.41, 5.74) is 2.81.